The zero-order valence-electron chi connectivity index (χ0n) is 14.1. The first-order valence-corrected chi connectivity index (χ1v) is 8.48. The molecule has 1 fully saturated rings. The Labute approximate surface area is 141 Å². The number of aryl methyl sites for hydroxylation is 1. The molecular weight excluding hydrogens is 302 g/mol. The minimum Gasteiger partial charge on any atom is -0.424 e. The molecule has 24 heavy (non-hydrogen) atoms. The van der Waals surface area contributed by atoms with Crippen molar-refractivity contribution in [3.05, 3.63) is 42.5 Å². The van der Waals surface area contributed by atoms with Gasteiger partial charge >= 0.3 is 0 Å². The molecule has 0 aliphatic carbocycles. The summed E-state index contributed by atoms with van der Waals surface area (Å²) < 4.78 is 7.91. The van der Waals surface area contributed by atoms with E-state index in [0.29, 0.717) is 18.0 Å². The monoisotopic (exact) mass is 325 g/mol. The van der Waals surface area contributed by atoms with Crippen LogP contribution in [-0.2, 0) is 7.05 Å². The molecule has 1 aromatic carbocycles. The normalized spacial score (nSPS) is 22.1. The van der Waals surface area contributed by atoms with Crippen LogP contribution in [0.25, 0.3) is 11.1 Å². The number of fused-ring (bicyclic) bond motifs is 1. The highest BCUT2D eigenvalue weighted by Crippen LogP contribution is 2.35. The largest absolute Gasteiger partial charge is 0.424 e. The number of piperidine rings is 1. The number of likely N-dealkylation sites (tertiary alicyclic amines) is 1. The van der Waals surface area contributed by atoms with Crippen LogP contribution in [0.4, 0.5) is 6.01 Å². The molecule has 4 rings (SSSR count). The first-order valence-electron chi connectivity index (χ1n) is 8.48. The second-order valence-electron chi connectivity index (χ2n) is 6.62. The van der Waals surface area contributed by atoms with Gasteiger partial charge in [-0.2, -0.15) is 4.98 Å². The maximum Gasteiger partial charge on any atom is 0.295 e. The zero-order valence-corrected chi connectivity index (χ0v) is 14.1. The summed E-state index contributed by atoms with van der Waals surface area (Å²) in [6.07, 6.45) is 6.26. The smallest absolute Gasteiger partial charge is 0.295 e. The van der Waals surface area contributed by atoms with Crippen LogP contribution in [0.1, 0.15) is 24.6 Å². The topological polar surface area (TPSA) is 59.1 Å². The van der Waals surface area contributed by atoms with Gasteiger partial charge in [-0.05, 0) is 44.5 Å². The SMILES string of the molecule is CN1CCC[C@@H](CNc2nc3ccccc3o2)[C@@H]1c1cncn1C. The molecule has 0 saturated carbocycles. The molecule has 0 unspecified atom stereocenters. The van der Waals surface area contributed by atoms with E-state index in [2.05, 4.69) is 38.8 Å². The molecule has 2 aromatic heterocycles. The highest BCUT2D eigenvalue weighted by Gasteiger charge is 2.32. The van der Waals surface area contributed by atoms with Crippen LogP contribution < -0.4 is 5.32 Å². The number of imidazole rings is 1. The molecule has 0 spiro atoms. The Kier molecular flexibility index (Phi) is 3.98. The van der Waals surface area contributed by atoms with Crippen molar-refractivity contribution in [1.29, 1.82) is 0 Å². The number of hydrogen-bond acceptors (Lipinski definition) is 5. The van der Waals surface area contributed by atoms with Gasteiger partial charge in [0.25, 0.3) is 6.01 Å². The third-order valence-electron chi connectivity index (χ3n) is 4.97. The van der Waals surface area contributed by atoms with Gasteiger partial charge in [0, 0.05) is 19.8 Å². The van der Waals surface area contributed by atoms with Crippen LogP contribution in [-0.4, -0.2) is 39.6 Å². The molecule has 6 nitrogen and oxygen atoms in total. The van der Waals surface area contributed by atoms with Crippen molar-refractivity contribution >= 4 is 17.1 Å². The number of aromatic nitrogens is 3. The highest BCUT2D eigenvalue weighted by atomic mass is 16.4. The number of para-hydroxylation sites is 2. The Morgan fingerprint density at radius 1 is 1.29 bits per heavy atom. The molecule has 1 saturated heterocycles. The first-order chi connectivity index (χ1) is 11.7. The van der Waals surface area contributed by atoms with Gasteiger partial charge in [0.2, 0.25) is 0 Å². The Hall–Kier alpha value is -2.34. The summed E-state index contributed by atoms with van der Waals surface area (Å²) in [5, 5.41) is 3.40. The lowest BCUT2D eigenvalue weighted by molar-refractivity contribution is 0.121. The maximum absolute atomic E-state index is 5.78. The van der Waals surface area contributed by atoms with Gasteiger partial charge in [-0.1, -0.05) is 12.1 Å². The van der Waals surface area contributed by atoms with Gasteiger partial charge in [-0.15, -0.1) is 0 Å². The van der Waals surface area contributed by atoms with Gasteiger partial charge in [0.05, 0.1) is 18.1 Å². The van der Waals surface area contributed by atoms with Crippen molar-refractivity contribution in [3.8, 4) is 0 Å². The van der Waals surface area contributed by atoms with Gasteiger partial charge in [0.15, 0.2) is 5.58 Å². The predicted molar refractivity (Wildman–Crippen MR) is 93.8 cm³/mol. The van der Waals surface area contributed by atoms with E-state index in [-0.39, 0.29) is 0 Å². The molecule has 3 heterocycles. The van der Waals surface area contributed by atoms with Gasteiger partial charge in [-0.3, -0.25) is 4.90 Å². The summed E-state index contributed by atoms with van der Waals surface area (Å²) in [6.45, 7) is 1.96. The highest BCUT2D eigenvalue weighted by molar-refractivity contribution is 5.74. The number of hydrogen-bond donors (Lipinski definition) is 1. The molecule has 3 aromatic rings. The molecule has 1 aliphatic rings. The molecule has 1 aliphatic heterocycles. The fraction of sp³-hybridized carbons (Fsp3) is 0.444. The summed E-state index contributed by atoms with van der Waals surface area (Å²) in [5.41, 5.74) is 2.98. The van der Waals surface area contributed by atoms with Crippen molar-refractivity contribution in [2.24, 2.45) is 13.0 Å². The van der Waals surface area contributed by atoms with E-state index >= 15 is 0 Å². The molecule has 1 N–H and O–H groups in total. The minimum atomic E-state index is 0.364. The van der Waals surface area contributed by atoms with Crippen molar-refractivity contribution < 1.29 is 4.42 Å². The number of benzene rings is 1. The maximum atomic E-state index is 5.78. The average molecular weight is 325 g/mol. The van der Waals surface area contributed by atoms with E-state index in [9.17, 15) is 0 Å². The number of rotatable bonds is 4. The summed E-state index contributed by atoms with van der Waals surface area (Å²) in [4.78, 5) is 11.2. The van der Waals surface area contributed by atoms with Crippen molar-refractivity contribution in [2.45, 2.75) is 18.9 Å². The molecule has 6 heteroatoms. The Bertz CT molecular complexity index is 791. The summed E-state index contributed by atoms with van der Waals surface area (Å²) >= 11 is 0. The molecule has 126 valence electrons. The van der Waals surface area contributed by atoms with Gasteiger partial charge in [-0.25, -0.2) is 4.98 Å². The average Bonchev–Trinajstić information content (AvgIpc) is 3.18. The van der Waals surface area contributed by atoms with Crippen LogP contribution >= 0.6 is 0 Å². The van der Waals surface area contributed by atoms with Crippen molar-refractivity contribution in [1.82, 2.24) is 19.4 Å². The van der Waals surface area contributed by atoms with Crippen LogP contribution in [0, 0.1) is 5.92 Å². The zero-order chi connectivity index (χ0) is 16.5. The molecule has 0 bridgehead atoms. The summed E-state index contributed by atoms with van der Waals surface area (Å²) in [5.74, 6) is 0.495. The fourth-order valence-corrected chi connectivity index (χ4v) is 3.76. The molecule has 0 amide bonds. The molecular formula is C18H23N5O. The Morgan fingerprint density at radius 2 is 2.17 bits per heavy atom. The van der Waals surface area contributed by atoms with Crippen LogP contribution in [0.3, 0.4) is 0 Å². The molecule has 2 atom stereocenters. The van der Waals surface area contributed by atoms with E-state index in [1.54, 1.807) is 0 Å². The van der Waals surface area contributed by atoms with E-state index in [1.165, 1.54) is 18.5 Å². The third kappa shape index (κ3) is 2.78. The lowest BCUT2D eigenvalue weighted by atomic mass is 9.87. The van der Waals surface area contributed by atoms with Crippen LogP contribution in [0.5, 0.6) is 0 Å². The second-order valence-corrected chi connectivity index (χ2v) is 6.62. The quantitative estimate of drug-likeness (QED) is 0.799. The van der Waals surface area contributed by atoms with E-state index in [1.807, 2.05) is 36.8 Å². The van der Waals surface area contributed by atoms with Crippen molar-refractivity contribution in [3.63, 3.8) is 0 Å². The fourth-order valence-electron chi connectivity index (χ4n) is 3.76. The second kappa shape index (κ2) is 6.28. The first kappa shape index (κ1) is 15.2. The minimum absolute atomic E-state index is 0.364. The summed E-state index contributed by atoms with van der Waals surface area (Å²) in [7, 11) is 4.26. The predicted octanol–water partition coefficient (Wildman–Crippen LogP) is 3.06. The summed E-state index contributed by atoms with van der Waals surface area (Å²) in [6, 6.07) is 8.82. The third-order valence-corrected chi connectivity index (χ3v) is 4.97. The number of oxazole rings is 1. The number of anilines is 1. The van der Waals surface area contributed by atoms with E-state index in [0.717, 1.165) is 24.2 Å². The van der Waals surface area contributed by atoms with Gasteiger partial charge < -0.3 is 14.3 Å². The van der Waals surface area contributed by atoms with Crippen molar-refractivity contribution in [2.75, 3.05) is 25.5 Å². The lowest BCUT2D eigenvalue weighted by Crippen LogP contribution is -2.39. The lowest BCUT2D eigenvalue weighted by Gasteiger charge is -2.39. The Balaban J connectivity index is 1.52. The van der Waals surface area contributed by atoms with Crippen LogP contribution in [0.2, 0.25) is 0 Å². The van der Waals surface area contributed by atoms with E-state index < -0.39 is 0 Å². The number of nitrogens with one attached hydrogen (secondary N) is 1. The van der Waals surface area contributed by atoms with Crippen LogP contribution in [0.15, 0.2) is 41.2 Å². The Morgan fingerprint density at radius 3 is 2.96 bits per heavy atom. The molecule has 0 radical (unpaired) electrons. The van der Waals surface area contributed by atoms with Gasteiger partial charge in [0.1, 0.15) is 5.52 Å². The number of nitrogens with zero attached hydrogens (tertiary/aromatic N) is 4. The standard InChI is InChI=1S/C18H23N5O/c1-22-9-5-6-13(17(22)15-11-19-12-23(15)2)10-20-18-21-14-7-3-4-8-16(14)24-18/h3-4,7-8,11-13,17H,5-6,9-10H2,1-2H3,(H,20,21)/t13-,17+/m0/s1. The van der Waals surface area contributed by atoms with E-state index in [4.69, 9.17) is 4.42 Å².